The van der Waals surface area contributed by atoms with Crippen LogP contribution >= 0.6 is 0 Å². The lowest BCUT2D eigenvalue weighted by atomic mass is 9.86. The van der Waals surface area contributed by atoms with E-state index in [1.165, 1.54) is 11.1 Å². The number of piperidine rings is 1. The average Bonchev–Trinajstić information content (AvgIpc) is 2.55. The summed E-state index contributed by atoms with van der Waals surface area (Å²) in [5.41, 5.74) is 2.64. The molecular weight excluding hydrogens is 276 g/mol. The predicted octanol–water partition coefficient (Wildman–Crippen LogP) is 2.39. The van der Waals surface area contributed by atoms with Gasteiger partial charge in [0.1, 0.15) is 0 Å². The zero-order valence-electron chi connectivity index (χ0n) is 13.4. The summed E-state index contributed by atoms with van der Waals surface area (Å²) in [5.74, 6) is 0.0630. The Morgan fingerprint density at radius 1 is 1.27 bits per heavy atom. The number of hydrogen-bond acceptors (Lipinski definition) is 2. The number of fused-ring (bicyclic) bond motifs is 1. The van der Waals surface area contributed by atoms with Crippen LogP contribution in [0.2, 0.25) is 0 Å². The Morgan fingerprint density at radius 3 is 2.82 bits per heavy atom. The smallest absolute Gasteiger partial charge is 0.226 e. The molecule has 1 fully saturated rings. The highest BCUT2D eigenvalue weighted by Crippen LogP contribution is 2.35. The van der Waals surface area contributed by atoms with E-state index < -0.39 is 0 Å². The molecule has 1 aromatic rings. The fourth-order valence-electron chi connectivity index (χ4n) is 3.73. The molecule has 1 aliphatic carbocycles. The number of amides is 2. The minimum atomic E-state index is -0.150. The molecule has 118 valence electrons. The number of carbonyl (C=O) groups excluding carboxylic acids is 2. The predicted molar refractivity (Wildman–Crippen MR) is 85.3 cm³/mol. The molecule has 0 radical (unpaired) electrons. The molecule has 0 saturated carbocycles. The summed E-state index contributed by atoms with van der Waals surface area (Å²) in [6, 6.07) is 8.58. The van der Waals surface area contributed by atoms with Crippen LogP contribution in [0.1, 0.15) is 42.9 Å². The number of carbonyl (C=O) groups is 2. The third kappa shape index (κ3) is 2.74. The average molecular weight is 300 g/mol. The molecule has 1 aromatic carbocycles. The first-order valence-electron chi connectivity index (χ1n) is 8.16. The van der Waals surface area contributed by atoms with Crippen molar-refractivity contribution in [3.63, 3.8) is 0 Å². The lowest BCUT2D eigenvalue weighted by Crippen LogP contribution is -2.44. The van der Waals surface area contributed by atoms with Crippen molar-refractivity contribution in [1.29, 1.82) is 0 Å². The van der Waals surface area contributed by atoms with Gasteiger partial charge in [0.15, 0.2) is 0 Å². The number of hydrogen-bond donors (Lipinski definition) is 0. The zero-order valence-corrected chi connectivity index (χ0v) is 13.4. The summed E-state index contributed by atoms with van der Waals surface area (Å²) < 4.78 is 0. The molecule has 1 heterocycles. The number of benzene rings is 1. The molecule has 22 heavy (non-hydrogen) atoms. The molecule has 3 rings (SSSR count). The summed E-state index contributed by atoms with van der Waals surface area (Å²) in [5, 5.41) is 0. The van der Waals surface area contributed by atoms with Crippen LogP contribution in [0.5, 0.6) is 0 Å². The lowest BCUT2D eigenvalue weighted by Gasteiger charge is -2.37. The second-order valence-electron chi connectivity index (χ2n) is 6.56. The van der Waals surface area contributed by atoms with Gasteiger partial charge in [-0.25, -0.2) is 0 Å². The van der Waals surface area contributed by atoms with Crippen molar-refractivity contribution in [3.05, 3.63) is 35.4 Å². The van der Waals surface area contributed by atoms with Crippen molar-refractivity contribution >= 4 is 11.8 Å². The largest absolute Gasteiger partial charge is 0.346 e. The van der Waals surface area contributed by atoms with Crippen molar-refractivity contribution in [1.82, 2.24) is 9.80 Å². The molecule has 1 aliphatic heterocycles. The minimum absolute atomic E-state index is 0.0852. The van der Waals surface area contributed by atoms with Crippen LogP contribution in [0, 0.1) is 5.92 Å². The van der Waals surface area contributed by atoms with Crippen LogP contribution in [0.25, 0.3) is 0 Å². The summed E-state index contributed by atoms with van der Waals surface area (Å²) in [7, 11) is 3.71. The maximum Gasteiger partial charge on any atom is 0.226 e. The highest BCUT2D eigenvalue weighted by Gasteiger charge is 2.34. The monoisotopic (exact) mass is 300 g/mol. The molecule has 0 spiro atoms. The summed E-state index contributed by atoms with van der Waals surface area (Å²) in [6.07, 6.45) is 4.36. The van der Waals surface area contributed by atoms with E-state index in [2.05, 4.69) is 24.3 Å². The Labute approximate surface area is 132 Å². The normalized spacial score (nSPS) is 24.8. The van der Waals surface area contributed by atoms with Gasteiger partial charge in [0, 0.05) is 33.0 Å². The SMILES string of the molecule is CN1CC[C@@H](C(=O)N(C)[C@H]2CCCc3ccccc32)CC1=O. The first-order valence-corrected chi connectivity index (χ1v) is 8.16. The van der Waals surface area contributed by atoms with E-state index in [0.717, 1.165) is 25.7 Å². The van der Waals surface area contributed by atoms with E-state index in [1.54, 1.807) is 4.90 Å². The molecule has 4 nitrogen and oxygen atoms in total. The van der Waals surface area contributed by atoms with Crippen LogP contribution < -0.4 is 0 Å². The molecule has 4 heteroatoms. The molecule has 0 aromatic heterocycles. The van der Waals surface area contributed by atoms with Crippen molar-refractivity contribution in [2.45, 2.75) is 38.1 Å². The van der Waals surface area contributed by atoms with Gasteiger partial charge < -0.3 is 9.80 Å². The third-order valence-electron chi connectivity index (χ3n) is 5.16. The first-order chi connectivity index (χ1) is 10.6. The van der Waals surface area contributed by atoms with E-state index in [4.69, 9.17) is 0 Å². The summed E-state index contributed by atoms with van der Waals surface area (Å²) in [4.78, 5) is 28.3. The van der Waals surface area contributed by atoms with E-state index in [9.17, 15) is 9.59 Å². The van der Waals surface area contributed by atoms with Crippen molar-refractivity contribution < 1.29 is 9.59 Å². The molecule has 0 unspecified atom stereocenters. The second-order valence-corrected chi connectivity index (χ2v) is 6.56. The van der Waals surface area contributed by atoms with Gasteiger partial charge >= 0.3 is 0 Å². The quantitative estimate of drug-likeness (QED) is 0.841. The highest BCUT2D eigenvalue weighted by molar-refractivity contribution is 5.87. The van der Waals surface area contributed by atoms with Crippen LogP contribution in [0.4, 0.5) is 0 Å². The van der Waals surface area contributed by atoms with Crippen molar-refractivity contribution in [3.8, 4) is 0 Å². The van der Waals surface area contributed by atoms with Gasteiger partial charge in [0.05, 0.1) is 6.04 Å². The van der Waals surface area contributed by atoms with Gasteiger partial charge in [-0.05, 0) is 36.8 Å². The first kappa shape index (κ1) is 15.1. The van der Waals surface area contributed by atoms with E-state index >= 15 is 0 Å². The number of nitrogens with zero attached hydrogens (tertiary/aromatic N) is 2. The standard InChI is InChI=1S/C18H24N2O2/c1-19-11-10-14(12-17(19)21)18(22)20(2)16-9-5-7-13-6-3-4-8-15(13)16/h3-4,6,8,14,16H,5,7,9-12H2,1-2H3/t14-,16+/m1/s1. The lowest BCUT2D eigenvalue weighted by molar-refractivity contribution is -0.145. The summed E-state index contributed by atoms with van der Waals surface area (Å²) >= 11 is 0. The van der Waals surface area contributed by atoms with Gasteiger partial charge in [-0.1, -0.05) is 24.3 Å². The van der Waals surface area contributed by atoms with Crippen LogP contribution in [0.3, 0.4) is 0 Å². The summed E-state index contributed by atoms with van der Waals surface area (Å²) in [6.45, 7) is 0.685. The Hall–Kier alpha value is -1.84. The Bertz CT molecular complexity index is 584. The second kappa shape index (κ2) is 6.11. The van der Waals surface area contributed by atoms with Gasteiger partial charge in [-0.15, -0.1) is 0 Å². The zero-order chi connectivity index (χ0) is 15.7. The fraction of sp³-hybridized carbons (Fsp3) is 0.556. The molecule has 1 saturated heterocycles. The molecule has 0 N–H and O–H groups in total. The molecule has 2 atom stereocenters. The Morgan fingerprint density at radius 2 is 2.05 bits per heavy atom. The molecule has 2 aliphatic rings. The number of rotatable bonds is 2. The number of aryl methyl sites for hydroxylation is 1. The van der Waals surface area contributed by atoms with Crippen LogP contribution in [-0.2, 0) is 16.0 Å². The van der Waals surface area contributed by atoms with Gasteiger partial charge in [0.25, 0.3) is 0 Å². The molecule has 0 bridgehead atoms. The van der Waals surface area contributed by atoms with Crippen molar-refractivity contribution in [2.24, 2.45) is 5.92 Å². The minimum Gasteiger partial charge on any atom is -0.346 e. The third-order valence-corrected chi connectivity index (χ3v) is 5.16. The van der Waals surface area contributed by atoms with E-state index in [-0.39, 0.29) is 23.8 Å². The van der Waals surface area contributed by atoms with E-state index in [0.29, 0.717) is 13.0 Å². The topological polar surface area (TPSA) is 40.6 Å². The van der Waals surface area contributed by atoms with Crippen LogP contribution in [-0.4, -0.2) is 42.3 Å². The van der Waals surface area contributed by atoms with Crippen LogP contribution in [0.15, 0.2) is 24.3 Å². The number of likely N-dealkylation sites (tertiary alicyclic amines) is 1. The highest BCUT2D eigenvalue weighted by atomic mass is 16.2. The van der Waals surface area contributed by atoms with Gasteiger partial charge in [-0.2, -0.15) is 0 Å². The Kier molecular flexibility index (Phi) is 4.19. The maximum absolute atomic E-state index is 12.8. The fourth-order valence-corrected chi connectivity index (χ4v) is 3.73. The van der Waals surface area contributed by atoms with Crippen molar-refractivity contribution in [2.75, 3.05) is 20.6 Å². The molecule has 2 amide bonds. The maximum atomic E-state index is 12.8. The van der Waals surface area contributed by atoms with Gasteiger partial charge in [-0.3, -0.25) is 9.59 Å². The van der Waals surface area contributed by atoms with E-state index in [1.807, 2.05) is 19.0 Å². The molecular formula is C18H24N2O2. The van der Waals surface area contributed by atoms with Gasteiger partial charge in [0.2, 0.25) is 11.8 Å². The Balaban J connectivity index is 1.76.